The van der Waals surface area contributed by atoms with Crippen LogP contribution in [0.25, 0.3) is 0 Å². The Morgan fingerprint density at radius 1 is 1.63 bits per heavy atom. The highest BCUT2D eigenvalue weighted by atomic mass is 16.2. The van der Waals surface area contributed by atoms with E-state index in [0.29, 0.717) is 12.1 Å². The molecule has 3 N–H and O–H groups in total. The molecular weight excluding hydrogens is 240 g/mol. The van der Waals surface area contributed by atoms with Crippen LogP contribution < -0.4 is 16.0 Å². The van der Waals surface area contributed by atoms with Gasteiger partial charge in [0.15, 0.2) is 0 Å². The minimum absolute atomic E-state index is 0.00397. The molecule has 0 saturated carbocycles. The van der Waals surface area contributed by atoms with Crippen LogP contribution in [0.2, 0.25) is 0 Å². The SMILES string of the molecule is CNC(=O)C1CCCN1c1ccc(CN)cc1C#N. The zero-order valence-corrected chi connectivity index (χ0v) is 11.0. The Morgan fingerprint density at radius 3 is 3.05 bits per heavy atom. The molecule has 0 radical (unpaired) electrons. The molecule has 1 amide bonds. The second-order valence-corrected chi connectivity index (χ2v) is 4.63. The van der Waals surface area contributed by atoms with E-state index in [2.05, 4.69) is 11.4 Å². The Kier molecular flexibility index (Phi) is 4.03. The van der Waals surface area contributed by atoms with Crippen LogP contribution in [0.4, 0.5) is 5.69 Å². The summed E-state index contributed by atoms with van der Waals surface area (Å²) in [6.45, 7) is 1.21. The molecule has 1 aromatic carbocycles. The highest BCUT2D eigenvalue weighted by molar-refractivity contribution is 5.86. The second-order valence-electron chi connectivity index (χ2n) is 4.63. The monoisotopic (exact) mass is 258 g/mol. The summed E-state index contributed by atoms with van der Waals surface area (Å²) in [5.41, 5.74) is 7.92. The van der Waals surface area contributed by atoms with Crippen LogP contribution >= 0.6 is 0 Å². The van der Waals surface area contributed by atoms with Crippen LogP contribution in [-0.2, 0) is 11.3 Å². The number of nitrogens with one attached hydrogen (secondary N) is 1. The number of carbonyl (C=O) groups is 1. The smallest absolute Gasteiger partial charge is 0.242 e. The van der Waals surface area contributed by atoms with Gasteiger partial charge in [0, 0.05) is 20.1 Å². The van der Waals surface area contributed by atoms with Crippen LogP contribution in [0.15, 0.2) is 18.2 Å². The molecule has 100 valence electrons. The maximum atomic E-state index is 11.9. The molecule has 1 aromatic rings. The van der Waals surface area contributed by atoms with Gasteiger partial charge in [0.05, 0.1) is 11.3 Å². The van der Waals surface area contributed by atoms with Crippen molar-refractivity contribution in [1.29, 1.82) is 5.26 Å². The molecule has 5 heteroatoms. The van der Waals surface area contributed by atoms with Gasteiger partial charge in [0.2, 0.25) is 5.91 Å². The lowest BCUT2D eigenvalue weighted by atomic mass is 10.1. The van der Waals surface area contributed by atoms with E-state index in [0.717, 1.165) is 30.6 Å². The predicted octanol–water partition coefficient (Wildman–Crippen LogP) is 0.732. The molecule has 1 aliphatic heterocycles. The number of nitrogens with zero attached hydrogens (tertiary/aromatic N) is 2. The third kappa shape index (κ3) is 2.54. The quantitative estimate of drug-likeness (QED) is 0.837. The number of amides is 1. The lowest BCUT2D eigenvalue weighted by Crippen LogP contribution is -2.42. The number of nitriles is 1. The number of carbonyl (C=O) groups excluding carboxylic acids is 1. The van der Waals surface area contributed by atoms with Gasteiger partial charge < -0.3 is 16.0 Å². The van der Waals surface area contributed by atoms with Crippen molar-refractivity contribution in [2.75, 3.05) is 18.5 Å². The molecule has 1 heterocycles. The molecule has 1 aliphatic rings. The Hall–Kier alpha value is -2.06. The number of hydrogen-bond donors (Lipinski definition) is 2. The zero-order valence-electron chi connectivity index (χ0n) is 11.0. The van der Waals surface area contributed by atoms with Crippen molar-refractivity contribution in [3.63, 3.8) is 0 Å². The third-order valence-electron chi connectivity index (χ3n) is 3.53. The molecular formula is C14H18N4O. The summed E-state index contributed by atoms with van der Waals surface area (Å²) in [7, 11) is 1.64. The molecule has 1 fully saturated rings. The highest BCUT2D eigenvalue weighted by Gasteiger charge is 2.31. The lowest BCUT2D eigenvalue weighted by Gasteiger charge is -2.26. The fraction of sp³-hybridized carbons (Fsp3) is 0.429. The van der Waals surface area contributed by atoms with Crippen LogP contribution in [-0.4, -0.2) is 25.5 Å². The van der Waals surface area contributed by atoms with Gasteiger partial charge in [-0.25, -0.2) is 0 Å². The summed E-state index contributed by atoms with van der Waals surface area (Å²) < 4.78 is 0. The topological polar surface area (TPSA) is 82.2 Å². The van der Waals surface area contributed by atoms with Crippen LogP contribution in [0.1, 0.15) is 24.0 Å². The van der Waals surface area contributed by atoms with E-state index in [1.807, 2.05) is 17.0 Å². The van der Waals surface area contributed by atoms with E-state index in [1.165, 1.54) is 0 Å². The molecule has 0 aliphatic carbocycles. The van der Waals surface area contributed by atoms with Crippen LogP contribution in [0.3, 0.4) is 0 Å². The van der Waals surface area contributed by atoms with Gasteiger partial charge >= 0.3 is 0 Å². The molecule has 1 saturated heterocycles. The molecule has 0 bridgehead atoms. The van der Waals surface area contributed by atoms with E-state index in [-0.39, 0.29) is 11.9 Å². The number of benzene rings is 1. The zero-order chi connectivity index (χ0) is 13.8. The maximum absolute atomic E-state index is 11.9. The van der Waals surface area contributed by atoms with E-state index in [9.17, 15) is 10.1 Å². The van der Waals surface area contributed by atoms with Crippen molar-refractivity contribution in [3.05, 3.63) is 29.3 Å². The normalized spacial score (nSPS) is 18.2. The summed E-state index contributed by atoms with van der Waals surface area (Å²) in [5.74, 6) is 0.00397. The third-order valence-corrected chi connectivity index (χ3v) is 3.53. The summed E-state index contributed by atoms with van der Waals surface area (Å²) in [6, 6.07) is 7.62. The first-order chi connectivity index (χ1) is 9.21. The minimum atomic E-state index is -0.180. The van der Waals surface area contributed by atoms with E-state index >= 15 is 0 Å². The molecule has 2 rings (SSSR count). The molecule has 0 aromatic heterocycles. The average Bonchev–Trinajstić information content (AvgIpc) is 2.94. The first-order valence-corrected chi connectivity index (χ1v) is 6.42. The molecule has 19 heavy (non-hydrogen) atoms. The van der Waals surface area contributed by atoms with Crippen molar-refractivity contribution in [2.24, 2.45) is 5.73 Å². The number of likely N-dealkylation sites (N-methyl/N-ethyl adjacent to an activating group) is 1. The van der Waals surface area contributed by atoms with Crippen molar-refractivity contribution >= 4 is 11.6 Å². The Balaban J connectivity index is 2.36. The van der Waals surface area contributed by atoms with Crippen molar-refractivity contribution < 1.29 is 4.79 Å². The average molecular weight is 258 g/mol. The summed E-state index contributed by atoms with van der Waals surface area (Å²) in [5, 5.41) is 11.9. The molecule has 0 spiro atoms. The number of anilines is 1. The second kappa shape index (κ2) is 5.72. The molecule has 1 unspecified atom stereocenters. The first kappa shape index (κ1) is 13.4. The minimum Gasteiger partial charge on any atom is -0.358 e. The molecule has 5 nitrogen and oxygen atoms in total. The number of hydrogen-bond acceptors (Lipinski definition) is 4. The van der Waals surface area contributed by atoms with Crippen molar-refractivity contribution in [2.45, 2.75) is 25.4 Å². The van der Waals surface area contributed by atoms with Gasteiger partial charge in [-0.2, -0.15) is 5.26 Å². The van der Waals surface area contributed by atoms with Crippen molar-refractivity contribution in [3.8, 4) is 6.07 Å². The van der Waals surface area contributed by atoms with Gasteiger partial charge in [0.1, 0.15) is 12.1 Å². The summed E-state index contributed by atoms with van der Waals surface area (Å²) in [4.78, 5) is 13.9. The van der Waals surface area contributed by atoms with E-state index < -0.39 is 0 Å². The van der Waals surface area contributed by atoms with Gasteiger partial charge in [-0.3, -0.25) is 4.79 Å². The van der Waals surface area contributed by atoms with E-state index in [4.69, 9.17) is 5.73 Å². The number of rotatable bonds is 3. The van der Waals surface area contributed by atoms with Gasteiger partial charge in [-0.15, -0.1) is 0 Å². The van der Waals surface area contributed by atoms with Gasteiger partial charge in [-0.05, 0) is 30.5 Å². The summed E-state index contributed by atoms with van der Waals surface area (Å²) in [6.07, 6.45) is 1.78. The largest absolute Gasteiger partial charge is 0.358 e. The Bertz CT molecular complexity index is 521. The standard InChI is InChI=1S/C14H18N4O/c1-17-14(19)13-3-2-6-18(13)12-5-4-10(8-15)7-11(12)9-16/h4-5,7,13H,2-3,6,8,15H2,1H3,(H,17,19). The van der Waals surface area contributed by atoms with Crippen LogP contribution in [0, 0.1) is 11.3 Å². The van der Waals surface area contributed by atoms with Crippen molar-refractivity contribution in [1.82, 2.24) is 5.32 Å². The molecule has 1 atom stereocenters. The lowest BCUT2D eigenvalue weighted by molar-refractivity contribution is -0.121. The Labute approximate surface area is 113 Å². The van der Waals surface area contributed by atoms with Gasteiger partial charge in [0.25, 0.3) is 0 Å². The number of nitrogens with two attached hydrogens (primary N) is 1. The maximum Gasteiger partial charge on any atom is 0.242 e. The fourth-order valence-electron chi connectivity index (χ4n) is 2.54. The van der Waals surface area contributed by atoms with E-state index in [1.54, 1.807) is 13.1 Å². The highest BCUT2D eigenvalue weighted by Crippen LogP contribution is 2.29. The predicted molar refractivity (Wildman–Crippen MR) is 73.5 cm³/mol. The summed E-state index contributed by atoms with van der Waals surface area (Å²) >= 11 is 0. The fourth-order valence-corrected chi connectivity index (χ4v) is 2.54. The van der Waals surface area contributed by atoms with Crippen LogP contribution in [0.5, 0.6) is 0 Å². The Morgan fingerprint density at radius 2 is 2.42 bits per heavy atom. The van der Waals surface area contributed by atoms with Gasteiger partial charge in [-0.1, -0.05) is 6.07 Å². The first-order valence-electron chi connectivity index (χ1n) is 6.42.